The zero-order chi connectivity index (χ0) is 16.0. The van der Waals surface area contributed by atoms with Gasteiger partial charge in [0, 0.05) is 6.42 Å². The molecule has 2 atom stereocenters. The average molecular weight is 314 g/mol. The Balaban J connectivity index is 2.59. The number of nitrogens with zero attached hydrogens (tertiary/aromatic N) is 2. The minimum absolute atomic E-state index is 0.154. The smallest absolute Gasteiger partial charge is 0.326 e. The van der Waals surface area contributed by atoms with Gasteiger partial charge in [-0.1, -0.05) is 45.5 Å². The number of carboxylic acids is 1. The van der Waals surface area contributed by atoms with Crippen LogP contribution < -0.4 is 10.6 Å². The van der Waals surface area contributed by atoms with Crippen molar-refractivity contribution in [3.63, 3.8) is 0 Å². The zero-order valence-electron chi connectivity index (χ0n) is 12.7. The lowest BCUT2D eigenvalue weighted by atomic mass is 10.00. The summed E-state index contributed by atoms with van der Waals surface area (Å²) >= 11 is 1.30. The number of amides is 2. The summed E-state index contributed by atoms with van der Waals surface area (Å²) in [5.41, 5.74) is 0. The molecule has 21 heavy (non-hydrogen) atoms. The van der Waals surface area contributed by atoms with Crippen LogP contribution in [0.2, 0.25) is 0 Å². The van der Waals surface area contributed by atoms with Gasteiger partial charge in [-0.05, 0) is 11.8 Å². The van der Waals surface area contributed by atoms with Gasteiger partial charge in [0.25, 0.3) is 0 Å². The molecule has 0 aliphatic carbocycles. The summed E-state index contributed by atoms with van der Waals surface area (Å²) in [4.78, 5) is 23.0. The average Bonchev–Trinajstić information content (AvgIpc) is 2.81. The lowest BCUT2D eigenvalue weighted by Gasteiger charge is -2.19. The molecule has 1 aromatic rings. The van der Waals surface area contributed by atoms with Gasteiger partial charge >= 0.3 is 12.0 Å². The van der Waals surface area contributed by atoms with Crippen LogP contribution in [0.5, 0.6) is 0 Å². The largest absolute Gasteiger partial charge is 0.480 e. The van der Waals surface area contributed by atoms with Gasteiger partial charge in [0.2, 0.25) is 5.13 Å². The standard InChI is InChI=1S/C13H22N4O3S/c1-5-8(4)10(11(18)19)14-12(20)15-13-17-16-9(21-13)6-7(2)3/h7-8,10H,5-6H2,1-4H3,(H,18,19)(H2,14,15,17,20). The number of aliphatic carboxylic acids is 1. The van der Waals surface area contributed by atoms with Crippen LogP contribution in [0.25, 0.3) is 0 Å². The molecule has 118 valence electrons. The van der Waals surface area contributed by atoms with Crippen molar-refractivity contribution in [2.24, 2.45) is 11.8 Å². The molecule has 3 N–H and O–H groups in total. The first kappa shape index (κ1) is 17.4. The van der Waals surface area contributed by atoms with Crippen LogP contribution in [-0.4, -0.2) is 33.3 Å². The molecule has 2 amide bonds. The second-order valence-corrected chi connectivity index (χ2v) is 6.46. The molecule has 0 aromatic carbocycles. The maximum absolute atomic E-state index is 11.8. The fourth-order valence-corrected chi connectivity index (χ4v) is 2.64. The Kier molecular flexibility index (Phi) is 6.54. The Morgan fingerprint density at radius 3 is 2.48 bits per heavy atom. The van der Waals surface area contributed by atoms with Crippen LogP contribution in [0.3, 0.4) is 0 Å². The van der Waals surface area contributed by atoms with E-state index in [1.807, 2.05) is 6.92 Å². The fraction of sp³-hybridized carbons (Fsp3) is 0.692. The molecule has 7 nitrogen and oxygen atoms in total. The van der Waals surface area contributed by atoms with Crippen molar-refractivity contribution in [1.29, 1.82) is 0 Å². The van der Waals surface area contributed by atoms with Crippen LogP contribution in [0.1, 0.15) is 39.1 Å². The van der Waals surface area contributed by atoms with Crippen LogP contribution in [0.4, 0.5) is 9.93 Å². The summed E-state index contributed by atoms with van der Waals surface area (Å²) in [5.74, 6) is -0.738. The number of carboxylic acid groups (broad SMARTS) is 1. The highest BCUT2D eigenvalue weighted by Gasteiger charge is 2.25. The second-order valence-electron chi connectivity index (χ2n) is 5.40. The van der Waals surface area contributed by atoms with Crippen LogP contribution >= 0.6 is 11.3 Å². The minimum atomic E-state index is -1.04. The van der Waals surface area contributed by atoms with E-state index in [9.17, 15) is 9.59 Å². The van der Waals surface area contributed by atoms with Gasteiger partial charge in [-0.2, -0.15) is 0 Å². The lowest BCUT2D eigenvalue weighted by Crippen LogP contribution is -2.46. The number of nitrogens with one attached hydrogen (secondary N) is 2. The number of anilines is 1. The molecule has 0 bridgehead atoms. The van der Waals surface area contributed by atoms with Crippen LogP contribution in [0, 0.1) is 11.8 Å². The Morgan fingerprint density at radius 1 is 1.29 bits per heavy atom. The van der Waals surface area contributed by atoms with Gasteiger partial charge in [-0.15, -0.1) is 10.2 Å². The maximum Gasteiger partial charge on any atom is 0.326 e. The van der Waals surface area contributed by atoms with E-state index in [1.54, 1.807) is 6.92 Å². The van der Waals surface area contributed by atoms with E-state index < -0.39 is 18.0 Å². The highest BCUT2D eigenvalue weighted by Crippen LogP contribution is 2.18. The molecule has 1 aromatic heterocycles. The fourth-order valence-electron chi connectivity index (χ4n) is 1.69. The summed E-state index contributed by atoms with van der Waals surface area (Å²) in [6, 6.07) is -1.49. The molecule has 0 saturated carbocycles. The highest BCUT2D eigenvalue weighted by molar-refractivity contribution is 7.15. The number of hydrogen-bond acceptors (Lipinski definition) is 5. The van der Waals surface area contributed by atoms with E-state index in [2.05, 4.69) is 34.7 Å². The number of hydrogen-bond donors (Lipinski definition) is 3. The molecule has 0 radical (unpaired) electrons. The van der Waals surface area contributed by atoms with Crippen molar-refractivity contribution >= 4 is 28.5 Å². The molecular formula is C13H22N4O3S. The van der Waals surface area contributed by atoms with Crippen molar-refractivity contribution in [3.8, 4) is 0 Å². The summed E-state index contributed by atoms with van der Waals surface area (Å²) in [6.45, 7) is 7.81. The monoisotopic (exact) mass is 314 g/mol. The first-order chi connectivity index (χ1) is 9.83. The Labute approximate surface area is 128 Å². The van der Waals surface area contributed by atoms with E-state index in [-0.39, 0.29) is 5.92 Å². The molecule has 2 unspecified atom stereocenters. The van der Waals surface area contributed by atoms with Crippen molar-refractivity contribution in [2.45, 2.75) is 46.6 Å². The molecule has 0 saturated heterocycles. The van der Waals surface area contributed by atoms with Gasteiger partial charge in [0.05, 0.1) is 0 Å². The first-order valence-electron chi connectivity index (χ1n) is 6.96. The molecular weight excluding hydrogens is 292 g/mol. The molecule has 0 aliphatic heterocycles. The van der Waals surface area contributed by atoms with Gasteiger partial charge in [0.1, 0.15) is 11.0 Å². The van der Waals surface area contributed by atoms with Crippen molar-refractivity contribution in [3.05, 3.63) is 5.01 Å². The molecule has 1 rings (SSSR count). The number of urea groups is 1. The van der Waals surface area contributed by atoms with Crippen molar-refractivity contribution < 1.29 is 14.7 Å². The van der Waals surface area contributed by atoms with Gasteiger partial charge in [-0.25, -0.2) is 9.59 Å². The number of rotatable bonds is 7. The highest BCUT2D eigenvalue weighted by atomic mass is 32.1. The Hall–Kier alpha value is -1.70. The van der Waals surface area contributed by atoms with Gasteiger partial charge < -0.3 is 10.4 Å². The molecule has 0 spiro atoms. The van der Waals surface area contributed by atoms with E-state index in [0.717, 1.165) is 11.4 Å². The summed E-state index contributed by atoms with van der Waals surface area (Å²) in [7, 11) is 0. The lowest BCUT2D eigenvalue weighted by molar-refractivity contribution is -0.140. The topological polar surface area (TPSA) is 104 Å². The quantitative estimate of drug-likeness (QED) is 0.716. The number of aromatic nitrogens is 2. The number of carbonyl (C=O) groups is 2. The third-order valence-electron chi connectivity index (χ3n) is 3.04. The molecule has 0 fully saturated rings. The van der Waals surface area contributed by atoms with E-state index in [4.69, 9.17) is 5.11 Å². The van der Waals surface area contributed by atoms with Crippen molar-refractivity contribution in [1.82, 2.24) is 15.5 Å². The van der Waals surface area contributed by atoms with Crippen molar-refractivity contribution in [2.75, 3.05) is 5.32 Å². The molecule has 8 heteroatoms. The second kappa shape index (κ2) is 7.92. The predicted molar refractivity (Wildman–Crippen MR) is 81.5 cm³/mol. The normalized spacial score (nSPS) is 13.8. The maximum atomic E-state index is 11.8. The third-order valence-corrected chi connectivity index (χ3v) is 3.90. The SMILES string of the molecule is CCC(C)C(NC(=O)Nc1nnc(CC(C)C)s1)C(=O)O. The third kappa shape index (κ3) is 5.66. The molecule has 1 heterocycles. The number of carbonyl (C=O) groups excluding carboxylic acids is 1. The van der Waals surface area contributed by atoms with E-state index >= 15 is 0 Å². The summed E-state index contributed by atoms with van der Waals surface area (Å²) < 4.78 is 0. The van der Waals surface area contributed by atoms with Gasteiger partial charge in [0.15, 0.2) is 0 Å². The summed E-state index contributed by atoms with van der Waals surface area (Å²) in [6.07, 6.45) is 1.46. The van der Waals surface area contributed by atoms with Crippen LogP contribution in [0.15, 0.2) is 0 Å². The van der Waals surface area contributed by atoms with Gasteiger partial charge in [-0.3, -0.25) is 5.32 Å². The predicted octanol–water partition coefficient (Wildman–Crippen LogP) is 2.36. The van der Waals surface area contributed by atoms with Crippen LogP contribution in [-0.2, 0) is 11.2 Å². The van der Waals surface area contributed by atoms with E-state index in [1.165, 1.54) is 11.3 Å². The summed E-state index contributed by atoms with van der Waals surface area (Å²) in [5, 5.41) is 23.2. The first-order valence-corrected chi connectivity index (χ1v) is 7.77. The zero-order valence-corrected chi connectivity index (χ0v) is 13.5. The minimum Gasteiger partial charge on any atom is -0.480 e. The Morgan fingerprint density at radius 2 is 1.95 bits per heavy atom. The Bertz CT molecular complexity index is 490. The molecule has 0 aliphatic rings. The van der Waals surface area contributed by atoms with E-state index in [0.29, 0.717) is 17.5 Å².